The van der Waals surface area contributed by atoms with Gasteiger partial charge in [0.15, 0.2) is 12.4 Å². The average molecular weight is 263 g/mol. The molecule has 1 saturated carbocycles. The number of halogens is 1. The maximum atomic E-state index is 14.4. The Morgan fingerprint density at radius 2 is 2.05 bits per heavy atom. The van der Waals surface area contributed by atoms with Crippen LogP contribution in [0.15, 0.2) is 12.1 Å². The van der Waals surface area contributed by atoms with Gasteiger partial charge < -0.3 is 10.1 Å². The molecule has 0 atom stereocenters. The number of fused-ring (bicyclic) bond motifs is 1. The van der Waals surface area contributed by atoms with Crippen molar-refractivity contribution in [3.63, 3.8) is 0 Å². The number of hydrogen-bond acceptors (Lipinski definition) is 2. The average Bonchev–Trinajstić information content (AvgIpc) is 2.44. The molecule has 1 fully saturated rings. The summed E-state index contributed by atoms with van der Waals surface area (Å²) in [6.45, 7) is -0.0333. The summed E-state index contributed by atoms with van der Waals surface area (Å²) in [6.07, 6.45) is 6.91. The largest absolute Gasteiger partial charge is 0.481 e. The van der Waals surface area contributed by atoms with Crippen molar-refractivity contribution in [3.05, 3.63) is 23.5 Å². The molecule has 0 saturated heterocycles. The SMILES string of the molecule is O=C1COc2ccc(CC3CCCCC3)c(F)c2N1. The van der Waals surface area contributed by atoms with Gasteiger partial charge in [-0.3, -0.25) is 4.79 Å². The zero-order valence-electron chi connectivity index (χ0n) is 10.9. The van der Waals surface area contributed by atoms with Gasteiger partial charge in [-0.1, -0.05) is 38.2 Å². The van der Waals surface area contributed by atoms with E-state index in [1.165, 1.54) is 32.1 Å². The number of hydrogen-bond donors (Lipinski definition) is 1. The number of benzene rings is 1. The van der Waals surface area contributed by atoms with E-state index in [-0.39, 0.29) is 24.0 Å². The van der Waals surface area contributed by atoms with E-state index in [4.69, 9.17) is 4.74 Å². The first-order chi connectivity index (χ1) is 9.24. The van der Waals surface area contributed by atoms with E-state index in [0.717, 1.165) is 6.42 Å². The quantitative estimate of drug-likeness (QED) is 0.889. The summed E-state index contributed by atoms with van der Waals surface area (Å²) in [7, 11) is 0. The molecule has 1 aliphatic heterocycles. The minimum absolute atomic E-state index is 0.0333. The van der Waals surface area contributed by atoms with Crippen molar-refractivity contribution in [2.45, 2.75) is 38.5 Å². The minimum atomic E-state index is -0.323. The maximum Gasteiger partial charge on any atom is 0.262 e. The predicted molar refractivity (Wildman–Crippen MR) is 70.8 cm³/mol. The van der Waals surface area contributed by atoms with Gasteiger partial charge in [-0.15, -0.1) is 0 Å². The molecule has 1 aliphatic carbocycles. The van der Waals surface area contributed by atoms with Crippen LogP contribution in [0.1, 0.15) is 37.7 Å². The molecular weight excluding hydrogens is 245 g/mol. The van der Waals surface area contributed by atoms with Crippen LogP contribution in [0, 0.1) is 11.7 Å². The highest BCUT2D eigenvalue weighted by atomic mass is 19.1. The number of ether oxygens (including phenoxy) is 1. The van der Waals surface area contributed by atoms with E-state index in [2.05, 4.69) is 5.32 Å². The lowest BCUT2D eigenvalue weighted by molar-refractivity contribution is -0.118. The number of anilines is 1. The summed E-state index contributed by atoms with van der Waals surface area (Å²) < 4.78 is 19.6. The number of nitrogens with one attached hydrogen (secondary N) is 1. The fraction of sp³-hybridized carbons (Fsp3) is 0.533. The summed E-state index contributed by atoms with van der Waals surface area (Å²) in [5.41, 5.74) is 0.904. The molecule has 1 amide bonds. The lowest BCUT2D eigenvalue weighted by atomic mass is 9.84. The first kappa shape index (κ1) is 12.5. The van der Waals surface area contributed by atoms with E-state index in [9.17, 15) is 9.18 Å². The number of carbonyl (C=O) groups excluding carboxylic acids is 1. The molecule has 3 rings (SSSR count). The highest BCUT2D eigenvalue weighted by molar-refractivity contribution is 5.95. The first-order valence-electron chi connectivity index (χ1n) is 6.98. The number of carbonyl (C=O) groups is 1. The van der Waals surface area contributed by atoms with E-state index >= 15 is 0 Å². The molecule has 1 aromatic rings. The van der Waals surface area contributed by atoms with Gasteiger partial charge in [0.2, 0.25) is 0 Å². The van der Waals surface area contributed by atoms with Crippen molar-refractivity contribution in [2.75, 3.05) is 11.9 Å². The molecule has 0 radical (unpaired) electrons. The number of amides is 1. The summed E-state index contributed by atoms with van der Waals surface area (Å²) in [4.78, 5) is 11.3. The summed E-state index contributed by atoms with van der Waals surface area (Å²) in [6, 6.07) is 3.55. The molecule has 0 unspecified atom stereocenters. The minimum Gasteiger partial charge on any atom is -0.481 e. The third-order valence-corrected chi connectivity index (χ3v) is 4.04. The highest BCUT2D eigenvalue weighted by Gasteiger charge is 2.23. The molecule has 2 aliphatic rings. The van der Waals surface area contributed by atoms with Crippen LogP contribution in [-0.4, -0.2) is 12.5 Å². The zero-order valence-corrected chi connectivity index (χ0v) is 10.9. The molecule has 0 bridgehead atoms. The van der Waals surface area contributed by atoms with Gasteiger partial charge in [0.05, 0.1) is 0 Å². The van der Waals surface area contributed by atoms with Crippen LogP contribution in [0.4, 0.5) is 10.1 Å². The molecule has 1 aromatic carbocycles. The third kappa shape index (κ3) is 2.57. The van der Waals surface area contributed by atoms with Gasteiger partial charge in [-0.2, -0.15) is 0 Å². The molecule has 4 heteroatoms. The Balaban J connectivity index is 1.82. The van der Waals surface area contributed by atoms with Crippen molar-refractivity contribution < 1.29 is 13.9 Å². The van der Waals surface area contributed by atoms with Crippen molar-refractivity contribution in [2.24, 2.45) is 5.92 Å². The lowest BCUT2D eigenvalue weighted by Crippen LogP contribution is -2.26. The molecule has 0 spiro atoms. The van der Waals surface area contributed by atoms with Crippen LogP contribution >= 0.6 is 0 Å². The van der Waals surface area contributed by atoms with Gasteiger partial charge in [0.1, 0.15) is 11.4 Å². The van der Waals surface area contributed by atoms with Crippen molar-refractivity contribution in [3.8, 4) is 5.75 Å². The molecule has 1 N–H and O–H groups in total. The monoisotopic (exact) mass is 263 g/mol. The fourth-order valence-electron chi connectivity index (χ4n) is 3.02. The Hall–Kier alpha value is -1.58. The number of rotatable bonds is 2. The second-order valence-corrected chi connectivity index (χ2v) is 5.46. The molecule has 3 nitrogen and oxygen atoms in total. The standard InChI is InChI=1S/C15H18FNO2/c16-14-11(8-10-4-2-1-3-5-10)6-7-12-15(14)17-13(18)9-19-12/h6-7,10H,1-5,8-9H2,(H,17,18). The van der Waals surface area contributed by atoms with Gasteiger partial charge in [0, 0.05) is 0 Å². The normalized spacial score (nSPS) is 19.5. The second-order valence-electron chi connectivity index (χ2n) is 5.46. The smallest absolute Gasteiger partial charge is 0.262 e. The van der Waals surface area contributed by atoms with Gasteiger partial charge in [0.25, 0.3) is 5.91 Å². The van der Waals surface area contributed by atoms with Crippen LogP contribution in [0.2, 0.25) is 0 Å². The topological polar surface area (TPSA) is 38.3 Å². The van der Waals surface area contributed by atoms with Crippen molar-refractivity contribution in [1.82, 2.24) is 0 Å². The van der Waals surface area contributed by atoms with Crippen LogP contribution < -0.4 is 10.1 Å². The Labute approximate surface area is 112 Å². The Kier molecular flexibility index (Phi) is 3.40. The van der Waals surface area contributed by atoms with Crippen molar-refractivity contribution in [1.29, 1.82) is 0 Å². The van der Waals surface area contributed by atoms with Crippen molar-refractivity contribution >= 4 is 11.6 Å². The van der Waals surface area contributed by atoms with Gasteiger partial charge in [-0.05, 0) is 24.0 Å². The van der Waals surface area contributed by atoms with Crippen LogP contribution in [0.5, 0.6) is 5.75 Å². The van der Waals surface area contributed by atoms with Gasteiger partial charge in [-0.25, -0.2) is 4.39 Å². The summed E-state index contributed by atoms with van der Waals surface area (Å²) >= 11 is 0. The third-order valence-electron chi connectivity index (χ3n) is 4.04. The van der Waals surface area contributed by atoms with E-state index in [1.54, 1.807) is 12.1 Å². The fourth-order valence-corrected chi connectivity index (χ4v) is 3.02. The maximum absolute atomic E-state index is 14.4. The van der Waals surface area contributed by atoms with Crippen LogP contribution in [0.3, 0.4) is 0 Å². The lowest BCUT2D eigenvalue weighted by Gasteiger charge is -2.24. The molecule has 19 heavy (non-hydrogen) atoms. The summed E-state index contributed by atoms with van der Waals surface area (Å²) in [5, 5.41) is 2.57. The zero-order chi connectivity index (χ0) is 13.2. The first-order valence-corrected chi connectivity index (χ1v) is 6.98. The summed E-state index contributed by atoms with van der Waals surface area (Å²) in [5.74, 6) is 0.392. The molecule has 0 aromatic heterocycles. The van der Waals surface area contributed by atoms with E-state index in [1.807, 2.05) is 0 Å². The highest BCUT2D eigenvalue weighted by Crippen LogP contribution is 2.35. The molecular formula is C15H18FNO2. The van der Waals surface area contributed by atoms with E-state index < -0.39 is 0 Å². The van der Waals surface area contributed by atoms with Crippen LogP contribution in [-0.2, 0) is 11.2 Å². The Bertz CT molecular complexity index is 495. The molecule has 1 heterocycles. The Morgan fingerprint density at radius 3 is 2.84 bits per heavy atom. The van der Waals surface area contributed by atoms with E-state index in [0.29, 0.717) is 17.2 Å². The predicted octanol–water partition coefficient (Wildman–Crippen LogP) is 3.28. The van der Waals surface area contributed by atoms with Gasteiger partial charge >= 0.3 is 0 Å². The molecule has 102 valence electrons. The van der Waals surface area contributed by atoms with Crippen LogP contribution in [0.25, 0.3) is 0 Å². The second kappa shape index (κ2) is 5.19. The Morgan fingerprint density at radius 1 is 1.26 bits per heavy atom.